The van der Waals surface area contributed by atoms with Gasteiger partial charge in [0.05, 0.1) is 9.85 Å². The third-order valence-electron chi connectivity index (χ3n) is 2.39. The molecule has 0 aliphatic rings. The largest absolute Gasteiger partial charge is 0.207 e. The molecular formula is C12H9BrClFS. The van der Waals surface area contributed by atoms with E-state index in [9.17, 15) is 4.39 Å². The van der Waals surface area contributed by atoms with E-state index in [2.05, 4.69) is 15.9 Å². The summed E-state index contributed by atoms with van der Waals surface area (Å²) in [6.07, 6.45) is 0. The van der Waals surface area contributed by atoms with Crippen LogP contribution < -0.4 is 0 Å². The topological polar surface area (TPSA) is 0 Å². The van der Waals surface area contributed by atoms with E-state index in [1.165, 1.54) is 6.07 Å². The molecule has 0 spiro atoms. The Morgan fingerprint density at radius 3 is 2.75 bits per heavy atom. The Morgan fingerprint density at radius 2 is 2.12 bits per heavy atom. The van der Waals surface area contributed by atoms with Crippen LogP contribution in [0.1, 0.15) is 20.8 Å². The van der Waals surface area contributed by atoms with Crippen molar-refractivity contribution in [2.24, 2.45) is 0 Å². The van der Waals surface area contributed by atoms with Crippen molar-refractivity contribution >= 4 is 38.9 Å². The molecule has 1 heterocycles. The second kappa shape index (κ2) is 4.86. The molecule has 0 bridgehead atoms. The Hall–Kier alpha value is -0.380. The first-order valence-electron chi connectivity index (χ1n) is 4.72. The predicted octanol–water partition coefficient (Wildman–Crippen LogP) is 5.33. The Labute approximate surface area is 111 Å². The monoisotopic (exact) mass is 318 g/mol. The van der Waals surface area contributed by atoms with Crippen molar-refractivity contribution in [2.45, 2.75) is 11.8 Å². The molecule has 1 aromatic carbocycles. The fourth-order valence-corrected chi connectivity index (χ4v) is 3.87. The molecule has 1 unspecified atom stereocenters. The molecule has 0 saturated heterocycles. The lowest BCUT2D eigenvalue weighted by Crippen LogP contribution is -1.95. The van der Waals surface area contributed by atoms with Gasteiger partial charge in [0, 0.05) is 4.88 Å². The number of benzene rings is 1. The summed E-state index contributed by atoms with van der Waals surface area (Å²) in [5.74, 6) is -0.224. The van der Waals surface area contributed by atoms with E-state index in [4.69, 9.17) is 11.6 Å². The van der Waals surface area contributed by atoms with Crippen molar-refractivity contribution in [2.75, 3.05) is 0 Å². The predicted molar refractivity (Wildman–Crippen MR) is 71.2 cm³/mol. The minimum Gasteiger partial charge on any atom is -0.207 e. The summed E-state index contributed by atoms with van der Waals surface area (Å²) >= 11 is 11.2. The average Bonchev–Trinajstić information content (AvgIpc) is 2.67. The zero-order valence-corrected chi connectivity index (χ0v) is 11.7. The van der Waals surface area contributed by atoms with Crippen LogP contribution in [0.25, 0.3) is 0 Å². The Bertz CT molecular complexity index is 509. The van der Waals surface area contributed by atoms with Crippen LogP contribution in [-0.2, 0) is 0 Å². The number of rotatable bonds is 2. The third-order valence-corrected chi connectivity index (χ3v) is 5.07. The maximum atomic E-state index is 13.2. The first-order valence-corrected chi connectivity index (χ1v) is 6.90. The van der Waals surface area contributed by atoms with E-state index >= 15 is 0 Å². The van der Waals surface area contributed by atoms with Crippen LogP contribution in [0.5, 0.6) is 0 Å². The molecule has 0 amide bonds. The number of hydrogen-bond donors (Lipinski definition) is 0. The van der Waals surface area contributed by atoms with E-state index in [-0.39, 0.29) is 10.6 Å². The molecule has 0 saturated carbocycles. The average molecular weight is 320 g/mol. The van der Waals surface area contributed by atoms with Crippen LogP contribution in [-0.4, -0.2) is 0 Å². The van der Waals surface area contributed by atoms with Crippen molar-refractivity contribution in [3.05, 3.63) is 56.5 Å². The van der Waals surface area contributed by atoms with E-state index in [1.807, 2.05) is 18.4 Å². The molecule has 2 rings (SSSR count). The zero-order valence-electron chi connectivity index (χ0n) is 8.51. The van der Waals surface area contributed by atoms with Gasteiger partial charge in [0.1, 0.15) is 5.82 Å². The smallest absolute Gasteiger partial charge is 0.123 e. The quantitative estimate of drug-likeness (QED) is 0.656. The highest BCUT2D eigenvalue weighted by Gasteiger charge is 2.17. The lowest BCUT2D eigenvalue weighted by Gasteiger charge is -2.12. The molecule has 0 nitrogen and oxygen atoms in total. The second-order valence-electron chi connectivity index (χ2n) is 3.50. The third kappa shape index (κ3) is 2.31. The van der Waals surface area contributed by atoms with E-state index in [0.717, 1.165) is 21.0 Å². The van der Waals surface area contributed by atoms with Crippen molar-refractivity contribution < 1.29 is 4.39 Å². The van der Waals surface area contributed by atoms with Gasteiger partial charge in [-0.05, 0) is 41.6 Å². The highest BCUT2D eigenvalue weighted by molar-refractivity contribution is 9.09. The molecule has 1 aromatic heterocycles. The zero-order chi connectivity index (χ0) is 11.7. The van der Waals surface area contributed by atoms with E-state index in [0.29, 0.717) is 0 Å². The van der Waals surface area contributed by atoms with Crippen LogP contribution >= 0.6 is 38.9 Å². The van der Waals surface area contributed by atoms with Crippen LogP contribution in [0.3, 0.4) is 0 Å². The number of thiophene rings is 1. The van der Waals surface area contributed by atoms with Gasteiger partial charge in [0.2, 0.25) is 0 Å². The Morgan fingerprint density at radius 1 is 1.38 bits per heavy atom. The SMILES string of the molecule is Cc1ccc(F)cc1C(Br)c1sccc1Cl. The molecule has 0 aliphatic carbocycles. The van der Waals surface area contributed by atoms with Gasteiger partial charge in [-0.1, -0.05) is 33.6 Å². The molecule has 0 aliphatic heterocycles. The van der Waals surface area contributed by atoms with Gasteiger partial charge < -0.3 is 0 Å². The van der Waals surface area contributed by atoms with Gasteiger partial charge >= 0.3 is 0 Å². The van der Waals surface area contributed by atoms with Crippen molar-refractivity contribution in [1.82, 2.24) is 0 Å². The van der Waals surface area contributed by atoms with Gasteiger partial charge in [-0.3, -0.25) is 0 Å². The first kappa shape index (κ1) is 12.1. The number of aryl methyl sites for hydroxylation is 1. The summed E-state index contributed by atoms with van der Waals surface area (Å²) in [5, 5.41) is 2.65. The number of hydrogen-bond acceptors (Lipinski definition) is 1. The normalized spacial score (nSPS) is 12.8. The molecule has 0 N–H and O–H groups in total. The lowest BCUT2D eigenvalue weighted by atomic mass is 10.0. The maximum Gasteiger partial charge on any atom is 0.123 e. The van der Waals surface area contributed by atoms with Gasteiger partial charge in [-0.15, -0.1) is 11.3 Å². The fraction of sp³-hybridized carbons (Fsp3) is 0.167. The summed E-state index contributed by atoms with van der Waals surface area (Å²) in [7, 11) is 0. The highest BCUT2D eigenvalue weighted by Crippen LogP contribution is 2.39. The molecule has 0 fully saturated rings. The Balaban J connectivity index is 2.45. The molecule has 84 valence electrons. The molecule has 16 heavy (non-hydrogen) atoms. The standard InChI is InChI=1S/C12H9BrClFS/c1-7-2-3-8(15)6-9(7)11(13)12-10(14)4-5-16-12/h2-6,11H,1H3. The summed E-state index contributed by atoms with van der Waals surface area (Å²) < 4.78 is 13.2. The highest BCUT2D eigenvalue weighted by atomic mass is 79.9. The van der Waals surface area contributed by atoms with Crippen molar-refractivity contribution in [3.63, 3.8) is 0 Å². The summed E-state index contributed by atoms with van der Waals surface area (Å²) in [5.41, 5.74) is 1.97. The van der Waals surface area contributed by atoms with Crippen LogP contribution in [0.2, 0.25) is 5.02 Å². The molecule has 2 aromatic rings. The summed E-state index contributed by atoms with van der Waals surface area (Å²) in [4.78, 5) is 0.964. The fourth-order valence-electron chi connectivity index (χ4n) is 1.51. The van der Waals surface area contributed by atoms with E-state index < -0.39 is 0 Å². The van der Waals surface area contributed by atoms with Crippen LogP contribution in [0, 0.1) is 12.7 Å². The minimum atomic E-state index is -0.224. The molecule has 4 heteroatoms. The Kier molecular flexibility index (Phi) is 3.67. The minimum absolute atomic E-state index is 0.0456. The van der Waals surface area contributed by atoms with Gasteiger partial charge in [0.25, 0.3) is 0 Å². The van der Waals surface area contributed by atoms with Crippen LogP contribution in [0.15, 0.2) is 29.6 Å². The first-order chi connectivity index (χ1) is 7.59. The van der Waals surface area contributed by atoms with Crippen molar-refractivity contribution in [3.8, 4) is 0 Å². The van der Waals surface area contributed by atoms with Crippen LogP contribution in [0.4, 0.5) is 4.39 Å². The molecular weight excluding hydrogens is 311 g/mol. The maximum absolute atomic E-state index is 13.2. The van der Waals surface area contributed by atoms with Crippen molar-refractivity contribution in [1.29, 1.82) is 0 Å². The number of alkyl halides is 1. The van der Waals surface area contributed by atoms with Gasteiger partial charge in [-0.2, -0.15) is 0 Å². The van der Waals surface area contributed by atoms with Gasteiger partial charge in [-0.25, -0.2) is 4.39 Å². The summed E-state index contributed by atoms with van der Waals surface area (Å²) in [6.45, 7) is 1.96. The number of halogens is 3. The molecule has 0 radical (unpaired) electrons. The second-order valence-corrected chi connectivity index (χ2v) is 5.77. The summed E-state index contributed by atoms with van der Waals surface area (Å²) in [6, 6.07) is 6.64. The lowest BCUT2D eigenvalue weighted by molar-refractivity contribution is 0.625. The van der Waals surface area contributed by atoms with Gasteiger partial charge in [0.15, 0.2) is 0 Å². The van der Waals surface area contributed by atoms with E-state index in [1.54, 1.807) is 23.5 Å². The molecule has 1 atom stereocenters.